The highest BCUT2D eigenvalue weighted by atomic mass is 16.1. The summed E-state index contributed by atoms with van der Waals surface area (Å²) in [5, 5.41) is 0. The molecule has 0 bridgehead atoms. The molecule has 0 aliphatic heterocycles. The first-order valence-electron chi connectivity index (χ1n) is 3.62. The third kappa shape index (κ3) is 1.78. The third-order valence-corrected chi connectivity index (χ3v) is 1.42. The molecule has 0 radical (unpaired) electrons. The summed E-state index contributed by atoms with van der Waals surface area (Å²) in [6.45, 7) is 3.12. The van der Waals surface area contributed by atoms with Crippen molar-refractivity contribution in [1.29, 1.82) is 0 Å². The minimum atomic E-state index is -0.124. The maximum absolute atomic E-state index is 10.9. The van der Waals surface area contributed by atoms with E-state index >= 15 is 0 Å². The fraction of sp³-hybridized carbons (Fsp3) is 0.375. The first-order chi connectivity index (χ1) is 5.61. The van der Waals surface area contributed by atoms with Gasteiger partial charge in [-0.1, -0.05) is 0 Å². The molecule has 64 valence electrons. The summed E-state index contributed by atoms with van der Waals surface area (Å²) in [6.07, 6.45) is 3.14. The lowest BCUT2D eigenvalue weighted by Gasteiger charge is -2.00. The van der Waals surface area contributed by atoms with Gasteiger partial charge in [0, 0.05) is 19.3 Å². The second kappa shape index (κ2) is 3.30. The average Bonchev–Trinajstić information content (AvgIpc) is 2.33. The third-order valence-electron chi connectivity index (χ3n) is 1.42. The standard InChI is InChI=1S/C8H10N2O2/c1-6(11)5-10-4-3-9-8(10)7(2)12/h3-4H,5H2,1-2H3. The molecule has 0 saturated heterocycles. The molecule has 0 saturated carbocycles. The molecule has 0 spiro atoms. The molecular weight excluding hydrogens is 156 g/mol. The number of nitrogens with zero attached hydrogens (tertiary/aromatic N) is 2. The van der Waals surface area contributed by atoms with Crippen LogP contribution >= 0.6 is 0 Å². The maximum atomic E-state index is 10.9. The Kier molecular flexibility index (Phi) is 2.38. The van der Waals surface area contributed by atoms with Gasteiger partial charge in [-0.2, -0.15) is 0 Å². The smallest absolute Gasteiger partial charge is 0.195 e. The van der Waals surface area contributed by atoms with Gasteiger partial charge in [0.15, 0.2) is 11.6 Å². The molecule has 1 rings (SSSR count). The molecule has 0 N–H and O–H groups in total. The Bertz CT molecular complexity index is 315. The summed E-state index contributed by atoms with van der Waals surface area (Å²) in [7, 11) is 0. The van der Waals surface area contributed by atoms with E-state index in [0.29, 0.717) is 5.82 Å². The number of hydrogen-bond donors (Lipinski definition) is 0. The Morgan fingerprint density at radius 1 is 1.50 bits per heavy atom. The van der Waals surface area contributed by atoms with Crippen molar-refractivity contribution < 1.29 is 9.59 Å². The normalized spacial score (nSPS) is 9.83. The van der Waals surface area contributed by atoms with E-state index in [1.165, 1.54) is 20.0 Å². The molecule has 1 aromatic rings. The average molecular weight is 166 g/mol. The number of carbonyl (C=O) groups is 2. The van der Waals surface area contributed by atoms with Gasteiger partial charge in [-0.05, 0) is 6.92 Å². The van der Waals surface area contributed by atoms with Crippen molar-refractivity contribution in [3.05, 3.63) is 18.2 Å². The molecule has 0 aliphatic carbocycles. The van der Waals surface area contributed by atoms with Crippen LogP contribution in [0.15, 0.2) is 12.4 Å². The van der Waals surface area contributed by atoms with E-state index in [9.17, 15) is 9.59 Å². The van der Waals surface area contributed by atoms with Crippen LogP contribution in [0.25, 0.3) is 0 Å². The van der Waals surface area contributed by atoms with Gasteiger partial charge in [0.1, 0.15) is 5.78 Å². The predicted molar refractivity (Wildman–Crippen MR) is 42.9 cm³/mol. The number of hydrogen-bond acceptors (Lipinski definition) is 3. The summed E-state index contributed by atoms with van der Waals surface area (Å²) < 4.78 is 1.55. The summed E-state index contributed by atoms with van der Waals surface area (Å²) in [4.78, 5) is 25.5. The van der Waals surface area contributed by atoms with E-state index in [0.717, 1.165) is 0 Å². The summed E-state index contributed by atoms with van der Waals surface area (Å²) in [5.74, 6) is 0.224. The Balaban J connectivity index is 2.91. The number of carbonyl (C=O) groups excluding carboxylic acids is 2. The largest absolute Gasteiger partial charge is 0.321 e. The van der Waals surface area contributed by atoms with Gasteiger partial charge in [-0.25, -0.2) is 4.98 Å². The Hall–Kier alpha value is -1.45. The lowest BCUT2D eigenvalue weighted by molar-refractivity contribution is -0.117. The molecular formula is C8H10N2O2. The molecule has 0 atom stereocenters. The number of aromatic nitrogens is 2. The van der Waals surface area contributed by atoms with Crippen molar-refractivity contribution in [1.82, 2.24) is 9.55 Å². The lowest BCUT2D eigenvalue weighted by atomic mass is 10.4. The van der Waals surface area contributed by atoms with Gasteiger partial charge in [-0.15, -0.1) is 0 Å². The van der Waals surface area contributed by atoms with Gasteiger partial charge < -0.3 is 4.57 Å². The molecule has 1 aromatic heterocycles. The number of Topliss-reactive ketones (excluding diaryl/α,β-unsaturated/α-hetero) is 2. The van der Waals surface area contributed by atoms with Crippen LogP contribution in [-0.2, 0) is 11.3 Å². The number of ketones is 2. The lowest BCUT2D eigenvalue weighted by Crippen LogP contribution is -2.11. The van der Waals surface area contributed by atoms with Crippen molar-refractivity contribution in [3.8, 4) is 0 Å². The van der Waals surface area contributed by atoms with Gasteiger partial charge in [0.05, 0.1) is 6.54 Å². The Morgan fingerprint density at radius 3 is 2.67 bits per heavy atom. The summed E-state index contributed by atoms with van der Waals surface area (Å²) in [5.41, 5.74) is 0. The van der Waals surface area contributed by atoms with Crippen molar-refractivity contribution in [2.45, 2.75) is 20.4 Å². The summed E-state index contributed by atoms with van der Waals surface area (Å²) >= 11 is 0. The zero-order chi connectivity index (χ0) is 9.14. The molecule has 4 nitrogen and oxygen atoms in total. The van der Waals surface area contributed by atoms with E-state index in [2.05, 4.69) is 4.98 Å². The predicted octanol–water partition coefficient (Wildman–Crippen LogP) is 0.675. The fourth-order valence-corrected chi connectivity index (χ4v) is 0.990. The number of imidazole rings is 1. The molecule has 0 aliphatic rings. The first kappa shape index (κ1) is 8.64. The molecule has 12 heavy (non-hydrogen) atoms. The van der Waals surface area contributed by atoms with Crippen LogP contribution < -0.4 is 0 Å². The highest BCUT2D eigenvalue weighted by Crippen LogP contribution is 1.98. The van der Waals surface area contributed by atoms with Crippen molar-refractivity contribution in [2.24, 2.45) is 0 Å². The SMILES string of the molecule is CC(=O)Cn1ccnc1C(C)=O. The fourth-order valence-electron chi connectivity index (χ4n) is 0.990. The van der Waals surface area contributed by atoms with Crippen molar-refractivity contribution in [2.75, 3.05) is 0 Å². The van der Waals surface area contributed by atoms with Gasteiger partial charge in [0.25, 0.3) is 0 Å². The van der Waals surface area contributed by atoms with Gasteiger partial charge in [-0.3, -0.25) is 9.59 Å². The molecule has 0 unspecified atom stereocenters. The van der Waals surface area contributed by atoms with Crippen LogP contribution in [0.1, 0.15) is 24.5 Å². The molecule has 0 fully saturated rings. The van der Waals surface area contributed by atoms with E-state index in [1.54, 1.807) is 10.8 Å². The first-order valence-corrected chi connectivity index (χ1v) is 3.62. The van der Waals surface area contributed by atoms with Crippen LogP contribution in [-0.4, -0.2) is 21.1 Å². The monoisotopic (exact) mass is 166 g/mol. The topological polar surface area (TPSA) is 52.0 Å². The van der Waals surface area contributed by atoms with E-state index in [4.69, 9.17) is 0 Å². The second-order valence-corrected chi connectivity index (χ2v) is 2.64. The Morgan fingerprint density at radius 2 is 2.17 bits per heavy atom. The minimum Gasteiger partial charge on any atom is -0.321 e. The van der Waals surface area contributed by atoms with Crippen LogP contribution in [0.4, 0.5) is 0 Å². The Labute approximate surface area is 70.2 Å². The molecule has 0 aromatic carbocycles. The van der Waals surface area contributed by atoms with Crippen LogP contribution in [0, 0.1) is 0 Å². The van der Waals surface area contributed by atoms with Crippen LogP contribution in [0.3, 0.4) is 0 Å². The van der Waals surface area contributed by atoms with Crippen molar-refractivity contribution >= 4 is 11.6 Å². The van der Waals surface area contributed by atoms with Crippen molar-refractivity contribution in [3.63, 3.8) is 0 Å². The molecule has 1 heterocycles. The highest BCUT2D eigenvalue weighted by molar-refractivity contribution is 5.91. The van der Waals surface area contributed by atoms with Gasteiger partial charge in [0.2, 0.25) is 0 Å². The van der Waals surface area contributed by atoms with E-state index in [1.807, 2.05) is 0 Å². The quantitative estimate of drug-likeness (QED) is 0.620. The molecule has 4 heteroatoms. The van der Waals surface area contributed by atoms with Crippen LogP contribution in [0.2, 0.25) is 0 Å². The summed E-state index contributed by atoms with van der Waals surface area (Å²) in [6, 6.07) is 0. The molecule has 0 amide bonds. The van der Waals surface area contributed by atoms with E-state index in [-0.39, 0.29) is 18.1 Å². The second-order valence-electron chi connectivity index (χ2n) is 2.64. The van der Waals surface area contributed by atoms with E-state index < -0.39 is 0 Å². The minimum absolute atomic E-state index is 0.00972. The van der Waals surface area contributed by atoms with Gasteiger partial charge >= 0.3 is 0 Å². The maximum Gasteiger partial charge on any atom is 0.195 e. The van der Waals surface area contributed by atoms with Crippen LogP contribution in [0.5, 0.6) is 0 Å². The zero-order valence-corrected chi connectivity index (χ0v) is 7.07. The number of rotatable bonds is 3. The zero-order valence-electron chi connectivity index (χ0n) is 7.07. The highest BCUT2D eigenvalue weighted by Gasteiger charge is 2.07.